The molecule has 28 heavy (non-hydrogen) atoms. The van der Waals surface area contributed by atoms with E-state index in [1.807, 2.05) is 44.4 Å². The molecule has 0 aliphatic carbocycles. The average molecular weight is 373 g/mol. The van der Waals surface area contributed by atoms with Crippen molar-refractivity contribution in [1.82, 2.24) is 34.6 Å². The molecule has 0 radical (unpaired) electrons. The first-order valence-electron chi connectivity index (χ1n) is 8.82. The van der Waals surface area contributed by atoms with Gasteiger partial charge in [-0.2, -0.15) is 14.7 Å². The number of pyridine rings is 1. The molecular formula is C20H16FN7. The Balaban J connectivity index is 1.58. The molecule has 0 aliphatic heterocycles. The molecule has 0 atom stereocenters. The Hall–Kier alpha value is -3.68. The Kier molecular flexibility index (Phi) is 3.65. The lowest BCUT2D eigenvalue weighted by atomic mass is 10.0. The van der Waals surface area contributed by atoms with E-state index in [9.17, 15) is 4.39 Å². The normalized spacial score (nSPS) is 11.5. The molecule has 4 aromatic heterocycles. The predicted molar refractivity (Wildman–Crippen MR) is 102 cm³/mol. The minimum absolute atomic E-state index is 0.288. The lowest BCUT2D eigenvalue weighted by Gasteiger charge is -2.06. The quantitative estimate of drug-likeness (QED) is 0.486. The van der Waals surface area contributed by atoms with Gasteiger partial charge < -0.3 is 0 Å². The van der Waals surface area contributed by atoms with Crippen LogP contribution >= 0.6 is 0 Å². The van der Waals surface area contributed by atoms with Gasteiger partial charge in [0.2, 0.25) is 0 Å². The van der Waals surface area contributed by atoms with Crippen LogP contribution < -0.4 is 0 Å². The highest BCUT2D eigenvalue weighted by molar-refractivity contribution is 5.84. The maximum absolute atomic E-state index is 14.7. The van der Waals surface area contributed by atoms with Gasteiger partial charge >= 0.3 is 0 Å². The molecule has 0 aliphatic rings. The van der Waals surface area contributed by atoms with Crippen molar-refractivity contribution >= 4 is 16.6 Å². The van der Waals surface area contributed by atoms with Gasteiger partial charge in [0.05, 0.1) is 17.4 Å². The largest absolute Gasteiger partial charge is 0.275 e. The third-order valence-electron chi connectivity index (χ3n) is 4.70. The van der Waals surface area contributed by atoms with Crippen LogP contribution in [0.1, 0.15) is 17.1 Å². The molecule has 1 aromatic carbocycles. The predicted octanol–water partition coefficient (Wildman–Crippen LogP) is 3.11. The third-order valence-corrected chi connectivity index (χ3v) is 4.70. The Labute approximate surface area is 159 Å². The minimum atomic E-state index is -0.321. The first kappa shape index (κ1) is 16.5. The van der Waals surface area contributed by atoms with E-state index in [1.54, 1.807) is 21.6 Å². The molecule has 5 rings (SSSR count). The van der Waals surface area contributed by atoms with Crippen LogP contribution in [0.25, 0.3) is 27.7 Å². The number of fused-ring (bicyclic) bond motifs is 2. The van der Waals surface area contributed by atoms with E-state index in [2.05, 4.69) is 25.4 Å². The van der Waals surface area contributed by atoms with Gasteiger partial charge in [0.25, 0.3) is 0 Å². The fraction of sp³-hybridized carbons (Fsp3) is 0.150. The maximum Gasteiger partial charge on any atom is 0.177 e. The zero-order valence-corrected chi connectivity index (χ0v) is 15.3. The van der Waals surface area contributed by atoms with Crippen molar-refractivity contribution in [3.05, 3.63) is 71.8 Å². The second-order valence-corrected chi connectivity index (χ2v) is 6.80. The lowest BCUT2D eigenvalue weighted by Crippen LogP contribution is -2.03. The monoisotopic (exact) mass is 373 g/mol. The van der Waals surface area contributed by atoms with Crippen molar-refractivity contribution in [3.8, 4) is 11.1 Å². The van der Waals surface area contributed by atoms with Gasteiger partial charge in [-0.15, -0.1) is 10.2 Å². The number of nitrogens with zero attached hydrogens (tertiary/aromatic N) is 7. The summed E-state index contributed by atoms with van der Waals surface area (Å²) in [7, 11) is 1.87. The number of rotatable bonds is 3. The number of aryl methyl sites for hydroxylation is 2. The van der Waals surface area contributed by atoms with Crippen molar-refractivity contribution in [3.63, 3.8) is 0 Å². The first-order chi connectivity index (χ1) is 13.6. The van der Waals surface area contributed by atoms with E-state index in [4.69, 9.17) is 0 Å². The molecule has 7 nitrogen and oxygen atoms in total. The van der Waals surface area contributed by atoms with Gasteiger partial charge in [0.15, 0.2) is 11.5 Å². The number of benzene rings is 1. The molecule has 0 N–H and O–H groups in total. The van der Waals surface area contributed by atoms with Gasteiger partial charge in [0.1, 0.15) is 5.82 Å². The van der Waals surface area contributed by atoms with E-state index in [0.717, 1.165) is 22.2 Å². The molecule has 8 heteroatoms. The Morgan fingerprint density at radius 2 is 1.93 bits per heavy atom. The van der Waals surface area contributed by atoms with Crippen LogP contribution in [0.5, 0.6) is 0 Å². The molecule has 0 unspecified atom stereocenters. The molecule has 4 heterocycles. The summed E-state index contributed by atoms with van der Waals surface area (Å²) in [5.74, 6) is 0.270. The van der Waals surface area contributed by atoms with Crippen LogP contribution in [-0.4, -0.2) is 34.6 Å². The zero-order chi connectivity index (χ0) is 19.3. The molecule has 0 fully saturated rings. The lowest BCUT2D eigenvalue weighted by molar-refractivity contribution is 0.612. The molecular weight excluding hydrogens is 357 g/mol. The zero-order valence-electron chi connectivity index (χ0n) is 15.3. The van der Waals surface area contributed by atoms with Gasteiger partial charge in [0, 0.05) is 48.4 Å². The van der Waals surface area contributed by atoms with Crippen molar-refractivity contribution in [2.75, 3.05) is 0 Å². The van der Waals surface area contributed by atoms with Gasteiger partial charge in [-0.3, -0.25) is 9.67 Å². The second-order valence-electron chi connectivity index (χ2n) is 6.80. The van der Waals surface area contributed by atoms with E-state index in [-0.39, 0.29) is 12.2 Å². The minimum Gasteiger partial charge on any atom is -0.275 e. The maximum atomic E-state index is 14.7. The first-order valence-corrected chi connectivity index (χ1v) is 8.82. The fourth-order valence-corrected chi connectivity index (χ4v) is 3.27. The number of halogens is 1. The average Bonchev–Trinajstić information content (AvgIpc) is 3.28. The van der Waals surface area contributed by atoms with E-state index in [1.165, 1.54) is 6.07 Å². The van der Waals surface area contributed by atoms with Crippen LogP contribution in [0.15, 0.2) is 48.9 Å². The molecule has 5 aromatic rings. The van der Waals surface area contributed by atoms with Crippen LogP contribution in [0.3, 0.4) is 0 Å². The molecule has 0 spiro atoms. The summed E-state index contributed by atoms with van der Waals surface area (Å²) in [6.45, 7) is 1.89. The smallest absolute Gasteiger partial charge is 0.177 e. The second kappa shape index (κ2) is 6.19. The van der Waals surface area contributed by atoms with Crippen molar-refractivity contribution in [2.45, 2.75) is 13.3 Å². The Morgan fingerprint density at radius 1 is 1.04 bits per heavy atom. The highest BCUT2D eigenvalue weighted by Gasteiger charge is 2.13. The fourth-order valence-electron chi connectivity index (χ4n) is 3.27. The molecule has 138 valence electrons. The van der Waals surface area contributed by atoms with Crippen LogP contribution in [-0.2, 0) is 13.5 Å². The summed E-state index contributed by atoms with van der Waals surface area (Å²) >= 11 is 0. The van der Waals surface area contributed by atoms with E-state index < -0.39 is 0 Å². The summed E-state index contributed by atoms with van der Waals surface area (Å²) in [6, 6.07) is 8.98. The van der Waals surface area contributed by atoms with Gasteiger partial charge in [-0.25, -0.2) is 4.39 Å². The molecule has 0 bridgehead atoms. The molecule has 0 saturated carbocycles. The number of hydrogen-bond acceptors (Lipinski definition) is 5. The summed E-state index contributed by atoms with van der Waals surface area (Å²) in [5.41, 5.74) is 4.51. The summed E-state index contributed by atoms with van der Waals surface area (Å²) in [4.78, 5) is 4.40. The van der Waals surface area contributed by atoms with Crippen molar-refractivity contribution in [2.24, 2.45) is 7.05 Å². The summed E-state index contributed by atoms with van der Waals surface area (Å²) < 4.78 is 18.1. The van der Waals surface area contributed by atoms with Crippen LogP contribution in [0.2, 0.25) is 0 Å². The van der Waals surface area contributed by atoms with E-state index in [0.29, 0.717) is 22.6 Å². The van der Waals surface area contributed by atoms with Gasteiger partial charge in [-0.05, 0) is 36.8 Å². The molecule has 0 amide bonds. The standard InChI is InChI=1S/C20H16FN7/c1-12-3-4-19-24-25-20(28(19)26-12)7-13-5-14-6-15(16-10-23-27(2)11-16)9-22-18(14)8-17(13)21/h3-6,8-11H,7H2,1-2H3. The Bertz CT molecular complexity index is 1340. The van der Waals surface area contributed by atoms with Crippen molar-refractivity contribution < 1.29 is 4.39 Å². The summed E-state index contributed by atoms with van der Waals surface area (Å²) in [6.07, 6.45) is 5.72. The highest BCUT2D eigenvalue weighted by atomic mass is 19.1. The third kappa shape index (κ3) is 2.79. The topological polar surface area (TPSA) is 73.8 Å². The number of aromatic nitrogens is 7. The SMILES string of the molecule is Cc1ccc2nnc(Cc3cc4cc(-c5cnn(C)c5)cnc4cc3F)n2n1. The highest BCUT2D eigenvalue weighted by Crippen LogP contribution is 2.25. The van der Waals surface area contributed by atoms with Gasteiger partial charge in [-0.1, -0.05) is 0 Å². The van der Waals surface area contributed by atoms with Crippen LogP contribution in [0.4, 0.5) is 4.39 Å². The molecule has 0 saturated heterocycles. The van der Waals surface area contributed by atoms with Crippen LogP contribution in [0, 0.1) is 12.7 Å². The van der Waals surface area contributed by atoms with Crippen molar-refractivity contribution in [1.29, 1.82) is 0 Å². The van der Waals surface area contributed by atoms with E-state index >= 15 is 0 Å². The number of hydrogen-bond donors (Lipinski definition) is 0. The summed E-state index contributed by atoms with van der Waals surface area (Å²) in [5, 5.41) is 17.8. The Morgan fingerprint density at radius 3 is 2.75 bits per heavy atom.